The Hall–Kier alpha value is -3.16. The first kappa shape index (κ1) is 39.5. The van der Waals surface area contributed by atoms with E-state index in [0.717, 1.165) is 28.9 Å². The van der Waals surface area contributed by atoms with Crippen LogP contribution in [0.5, 0.6) is 17.2 Å². The molecule has 2 aromatic rings. The van der Waals surface area contributed by atoms with Gasteiger partial charge in [-0.05, 0) is 54.7 Å². The Kier molecular flexibility index (Phi) is 12.8. The number of hydroxylamine groups is 2. The number of nitrogens with one attached hydrogen (secondary N) is 1. The van der Waals surface area contributed by atoms with Crippen molar-refractivity contribution in [2.75, 3.05) is 58.9 Å². The predicted molar refractivity (Wildman–Crippen MR) is 191 cm³/mol. The summed E-state index contributed by atoms with van der Waals surface area (Å²) in [6.07, 6.45) is 1.75. The number of hydrogen-bond acceptors (Lipinski definition) is 11. The number of halogens is 4. The summed E-state index contributed by atoms with van der Waals surface area (Å²) < 4.78 is 83.1. The van der Waals surface area contributed by atoms with Gasteiger partial charge in [0.1, 0.15) is 24.6 Å². The zero-order valence-corrected chi connectivity index (χ0v) is 31.6. The van der Waals surface area contributed by atoms with Crippen molar-refractivity contribution < 1.29 is 55.5 Å². The Morgan fingerprint density at radius 3 is 2.49 bits per heavy atom. The minimum atomic E-state index is -4.37. The zero-order chi connectivity index (χ0) is 37.9. The topological polar surface area (TPSA) is 148 Å². The largest absolute Gasteiger partial charge is 0.629 e. The van der Waals surface area contributed by atoms with Gasteiger partial charge in [-0.2, -0.15) is 13.1 Å². The first-order chi connectivity index (χ1) is 25.3. The molecule has 6 rings (SSSR count). The molecule has 2 unspecified atom stereocenters. The number of quaternary nitrogens is 1. The normalized spacial score (nSPS) is 21.7. The molecule has 53 heavy (non-hydrogen) atoms. The highest BCUT2D eigenvalue weighted by molar-refractivity contribution is 8.02. The Bertz CT molecular complexity index is 1880. The summed E-state index contributed by atoms with van der Waals surface area (Å²) in [5.74, 6) is -0.855. The summed E-state index contributed by atoms with van der Waals surface area (Å²) in [7, 11) is -3.00. The van der Waals surface area contributed by atoms with Crippen LogP contribution in [0.15, 0.2) is 63.1 Å². The standard InChI is InChI=1S/C34H37Cl2F2N3O10S2/c1-47-27-7-5-22(15-24(27)31(42)39-8-11-48-12-9-39)53(45,46)41-10-13-52-32(41)33(43)50-29(16-23-25(35)17-40(44)18-26(23)36)21-4-6-28(51-34(37)38)30(14-21)49-19-20-2-3-20/h4-7,14-15,17,20,29,32,34,40H,2-3,8-13,16,18-19H2,1H3/t29-,32?/m0/s1. The van der Waals surface area contributed by atoms with Crippen LogP contribution in [0.25, 0.3) is 0 Å². The van der Waals surface area contributed by atoms with Crippen molar-refractivity contribution in [3.05, 3.63) is 74.6 Å². The maximum absolute atomic E-state index is 14.1. The molecule has 288 valence electrons. The van der Waals surface area contributed by atoms with Crippen molar-refractivity contribution in [1.29, 1.82) is 0 Å². The number of hydrogen-bond donors (Lipinski definition) is 1. The van der Waals surface area contributed by atoms with E-state index in [9.17, 15) is 32.0 Å². The van der Waals surface area contributed by atoms with Crippen molar-refractivity contribution in [1.82, 2.24) is 9.21 Å². The van der Waals surface area contributed by atoms with Crippen molar-refractivity contribution >= 4 is 56.9 Å². The van der Waals surface area contributed by atoms with Gasteiger partial charge in [-0.1, -0.05) is 29.3 Å². The first-order valence-corrected chi connectivity index (χ1v) is 20.0. The van der Waals surface area contributed by atoms with E-state index in [-0.39, 0.29) is 80.6 Å². The molecule has 1 amide bonds. The van der Waals surface area contributed by atoms with Crippen LogP contribution < -0.4 is 19.3 Å². The molecular formula is C34H37Cl2F2N3O10S2. The van der Waals surface area contributed by atoms with Crippen LogP contribution in [0.4, 0.5) is 8.78 Å². The lowest BCUT2D eigenvalue weighted by Gasteiger charge is -2.29. The van der Waals surface area contributed by atoms with E-state index in [0.29, 0.717) is 37.4 Å². The van der Waals surface area contributed by atoms with Crippen LogP contribution in [0.2, 0.25) is 0 Å². The molecule has 2 saturated heterocycles. The Morgan fingerprint density at radius 1 is 1.08 bits per heavy atom. The van der Waals surface area contributed by atoms with Crippen LogP contribution in [-0.4, -0.2) is 100 Å². The molecule has 1 saturated carbocycles. The van der Waals surface area contributed by atoms with Crippen molar-refractivity contribution in [2.45, 2.75) is 42.2 Å². The van der Waals surface area contributed by atoms with Gasteiger partial charge < -0.3 is 38.9 Å². The molecule has 1 aliphatic carbocycles. The minimum absolute atomic E-state index is 0.00216. The van der Waals surface area contributed by atoms with E-state index in [4.69, 9.17) is 42.1 Å². The smallest absolute Gasteiger partial charge is 0.387 e. The van der Waals surface area contributed by atoms with Gasteiger partial charge in [0, 0.05) is 37.4 Å². The number of sulfonamides is 1. The molecule has 0 radical (unpaired) electrons. The number of benzene rings is 2. The van der Waals surface area contributed by atoms with E-state index in [1.54, 1.807) is 4.90 Å². The van der Waals surface area contributed by atoms with Gasteiger partial charge in [-0.25, -0.2) is 13.2 Å². The van der Waals surface area contributed by atoms with Gasteiger partial charge in [0.2, 0.25) is 10.0 Å². The molecule has 4 aliphatic rings. The van der Waals surface area contributed by atoms with Crippen molar-refractivity contribution in [2.24, 2.45) is 5.92 Å². The third kappa shape index (κ3) is 9.39. The Morgan fingerprint density at radius 2 is 1.81 bits per heavy atom. The molecule has 19 heteroatoms. The van der Waals surface area contributed by atoms with Crippen LogP contribution in [-0.2, 0) is 24.3 Å². The molecule has 3 atom stereocenters. The predicted octanol–water partition coefficient (Wildman–Crippen LogP) is 4.27. The second-order valence-corrected chi connectivity index (χ2v) is 16.5. The highest BCUT2D eigenvalue weighted by atomic mass is 35.5. The van der Waals surface area contributed by atoms with Gasteiger partial charge in [-0.3, -0.25) is 4.79 Å². The number of morpholine rings is 1. The van der Waals surface area contributed by atoms with Gasteiger partial charge in [-0.15, -0.1) is 11.8 Å². The number of esters is 1. The molecule has 2 aromatic carbocycles. The number of nitrogens with zero attached hydrogens (tertiary/aromatic N) is 2. The second-order valence-electron chi connectivity index (χ2n) is 12.6. The third-order valence-corrected chi connectivity index (χ3v) is 12.8. The molecule has 0 spiro atoms. The minimum Gasteiger partial charge on any atom is -0.629 e. The lowest BCUT2D eigenvalue weighted by Crippen LogP contribution is -3.03. The van der Waals surface area contributed by atoms with E-state index in [1.165, 1.54) is 49.7 Å². The molecule has 1 N–H and O–H groups in total. The van der Waals surface area contributed by atoms with E-state index in [1.807, 2.05) is 0 Å². The van der Waals surface area contributed by atoms with E-state index >= 15 is 0 Å². The molecule has 3 heterocycles. The molecule has 3 aliphatic heterocycles. The fourth-order valence-electron chi connectivity index (χ4n) is 5.98. The van der Waals surface area contributed by atoms with Crippen molar-refractivity contribution in [3.8, 4) is 17.2 Å². The fraction of sp³-hybridized carbons (Fsp3) is 0.471. The third-order valence-electron chi connectivity index (χ3n) is 8.96. The highest BCUT2D eigenvalue weighted by Gasteiger charge is 2.43. The number of allylic oxidation sites excluding steroid dienone is 1. The fourth-order valence-corrected chi connectivity index (χ4v) is 9.73. The lowest BCUT2D eigenvalue weighted by molar-refractivity contribution is -0.785. The second kappa shape index (κ2) is 17.1. The van der Waals surface area contributed by atoms with Crippen LogP contribution in [0, 0.1) is 11.1 Å². The number of methoxy groups -OCH3 is 1. The van der Waals surface area contributed by atoms with Crippen molar-refractivity contribution in [3.63, 3.8) is 0 Å². The Balaban J connectivity index is 1.29. The highest BCUT2D eigenvalue weighted by Crippen LogP contribution is 2.41. The molecule has 0 bridgehead atoms. The summed E-state index contributed by atoms with van der Waals surface area (Å²) in [5, 5.41) is 10.6. The molecular weight excluding hydrogens is 783 g/mol. The first-order valence-electron chi connectivity index (χ1n) is 16.7. The summed E-state index contributed by atoms with van der Waals surface area (Å²) >= 11 is 13.9. The maximum atomic E-state index is 14.1. The maximum Gasteiger partial charge on any atom is 0.387 e. The van der Waals surface area contributed by atoms with Gasteiger partial charge in [0.25, 0.3) is 5.91 Å². The number of rotatable bonds is 14. The number of amides is 1. The van der Waals surface area contributed by atoms with E-state index in [2.05, 4.69) is 4.74 Å². The lowest BCUT2D eigenvalue weighted by atomic mass is 9.99. The Labute approximate surface area is 319 Å². The summed E-state index contributed by atoms with van der Waals surface area (Å²) in [6, 6.07) is 8.03. The average Bonchev–Trinajstić information content (AvgIpc) is 3.83. The summed E-state index contributed by atoms with van der Waals surface area (Å²) in [6.45, 7) is -1.70. The van der Waals surface area contributed by atoms with Crippen LogP contribution >= 0.6 is 35.0 Å². The van der Waals surface area contributed by atoms with Crippen LogP contribution in [0.1, 0.15) is 41.3 Å². The zero-order valence-electron chi connectivity index (χ0n) is 28.4. The number of carbonyl (C=O) groups excluding carboxylic acids is 2. The molecule has 13 nitrogen and oxygen atoms in total. The van der Waals surface area contributed by atoms with Gasteiger partial charge >= 0.3 is 12.6 Å². The van der Waals surface area contributed by atoms with Gasteiger partial charge in [0.05, 0.1) is 47.5 Å². The van der Waals surface area contributed by atoms with Crippen LogP contribution in [0.3, 0.4) is 0 Å². The number of carbonyl (C=O) groups is 2. The SMILES string of the molecule is COc1ccc(S(=O)(=O)N2CCSC2C(=O)O[C@@H](CC2=C(Cl)C[NH+]([O-])C=C2Cl)c2ccc(OC(F)F)c(OCC3CC3)c2)cc1C(=O)N1CCOCC1. The monoisotopic (exact) mass is 819 g/mol. The average molecular weight is 821 g/mol. The van der Waals surface area contributed by atoms with Gasteiger partial charge in [0.15, 0.2) is 16.9 Å². The molecule has 3 fully saturated rings. The van der Waals surface area contributed by atoms with E-state index < -0.39 is 40.0 Å². The summed E-state index contributed by atoms with van der Waals surface area (Å²) in [5.41, 5.74) is 0.655. The molecule has 0 aromatic heterocycles. The summed E-state index contributed by atoms with van der Waals surface area (Å²) in [4.78, 5) is 28.8. The number of thioether (sulfide) groups is 1. The number of alkyl halides is 2. The number of ether oxygens (including phenoxy) is 5. The quantitative estimate of drug-likeness (QED) is 0.215.